The Morgan fingerprint density at radius 2 is 1.61 bits per heavy atom. The molecule has 2 saturated heterocycles. The van der Waals surface area contributed by atoms with E-state index in [0.717, 1.165) is 19.3 Å². The molecule has 11 nitrogen and oxygen atoms in total. The number of nitrogens with one attached hydrogen (secondary N) is 2. The maximum absolute atomic E-state index is 13.0. The van der Waals surface area contributed by atoms with Crippen LogP contribution in [-0.2, 0) is 19.1 Å². The molecule has 2 aliphatic rings. The van der Waals surface area contributed by atoms with Crippen molar-refractivity contribution in [2.24, 2.45) is 17.8 Å². The number of nitrogens with zero attached hydrogens (tertiary/aromatic N) is 2. The molecule has 0 aromatic heterocycles. The second-order valence-corrected chi connectivity index (χ2v) is 12.0. The first kappa shape index (κ1) is 31.9. The molecule has 0 aliphatic carbocycles. The number of likely N-dealkylation sites (tertiary alicyclic amines) is 2. The van der Waals surface area contributed by atoms with Gasteiger partial charge in [-0.2, -0.15) is 0 Å². The van der Waals surface area contributed by atoms with Crippen LogP contribution in [0.2, 0.25) is 0 Å². The molecule has 0 radical (unpaired) electrons. The Kier molecular flexibility index (Phi) is 11.5. The SMILES string of the molecule is CC(C)(C)OC(=O)N1CCC(CCC(=O)N2CCC[C@@H](C(=O)NCC(CNC(=O)c3ccccc3)C(=O)O)C2)CC1. The summed E-state index contributed by atoms with van der Waals surface area (Å²) in [6, 6.07) is 8.50. The van der Waals surface area contributed by atoms with Gasteiger partial charge < -0.3 is 30.3 Å². The minimum Gasteiger partial charge on any atom is -0.481 e. The van der Waals surface area contributed by atoms with Crippen LogP contribution >= 0.6 is 0 Å². The molecule has 2 aliphatic heterocycles. The summed E-state index contributed by atoms with van der Waals surface area (Å²) in [6.07, 6.45) is 3.82. The molecule has 1 aromatic rings. The summed E-state index contributed by atoms with van der Waals surface area (Å²) >= 11 is 0. The van der Waals surface area contributed by atoms with Gasteiger partial charge in [0.15, 0.2) is 0 Å². The number of carbonyl (C=O) groups is 5. The topological polar surface area (TPSA) is 145 Å². The van der Waals surface area contributed by atoms with Crippen molar-refractivity contribution in [3.05, 3.63) is 35.9 Å². The summed E-state index contributed by atoms with van der Waals surface area (Å²) in [5, 5.41) is 14.9. The third-order valence-corrected chi connectivity index (χ3v) is 7.59. The third kappa shape index (κ3) is 10.4. The number of benzene rings is 1. The molecule has 3 rings (SSSR count). The number of carbonyl (C=O) groups excluding carboxylic acids is 4. The molecule has 0 bridgehead atoms. The van der Waals surface area contributed by atoms with Crippen molar-refractivity contribution in [3.8, 4) is 0 Å². The Hall–Kier alpha value is -3.63. The number of ether oxygens (including phenoxy) is 1. The van der Waals surface area contributed by atoms with E-state index in [1.54, 1.807) is 40.1 Å². The Labute approximate surface area is 242 Å². The number of piperidine rings is 2. The van der Waals surface area contributed by atoms with E-state index in [1.807, 2.05) is 20.8 Å². The number of hydrogen-bond donors (Lipinski definition) is 3. The maximum Gasteiger partial charge on any atom is 0.410 e. The first-order chi connectivity index (χ1) is 19.4. The monoisotopic (exact) mass is 572 g/mol. The molecule has 11 heteroatoms. The Morgan fingerprint density at radius 3 is 2.24 bits per heavy atom. The van der Waals surface area contributed by atoms with Crippen molar-refractivity contribution >= 4 is 29.8 Å². The van der Waals surface area contributed by atoms with Crippen LogP contribution < -0.4 is 10.6 Å². The Bertz CT molecular complexity index is 1060. The standard InChI is InChI=1S/C30H44N4O7/c1-30(2,3)41-29(40)33-16-13-21(14-17-33)11-12-25(35)34-15-7-10-23(20-34)27(37)32-19-24(28(38)39)18-31-26(36)22-8-5-4-6-9-22/h4-6,8-9,21,23-24H,7,10-20H2,1-3H3,(H,31,36)(H,32,37)(H,38,39)/t23-,24?/m1/s1. The van der Waals surface area contributed by atoms with E-state index < -0.39 is 23.4 Å². The molecule has 226 valence electrons. The van der Waals surface area contributed by atoms with Gasteiger partial charge in [0.1, 0.15) is 5.60 Å². The lowest BCUT2D eigenvalue weighted by Crippen LogP contribution is -2.47. The first-order valence-corrected chi connectivity index (χ1v) is 14.5. The highest BCUT2D eigenvalue weighted by molar-refractivity contribution is 5.94. The van der Waals surface area contributed by atoms with Crippen LogP contribution in [0.5, 0.6) is 0 Å². The van der Waals surface area contributed by atoms with E-state index in [9.17, 15) is 29.1 Å². The summed E-state index contributed by atoms with van der Waals surface area (Å²) < 4.78 is 5.45. The van der Waals surface area contributed by atoms with Gasteiger partial charge >= 0.3 is 12.1 Å². The average Bonchev–Trinajstić information content (AvgIpc) is 2.95. The van der Waals surface area contributed by atoms with Gasteiger partial charge in [-0.3, -0.25) is 19.2 Å². The highest BCUT2D eigenvalue weighted by atomic mass is 16.6. The molecule has 4 amide bonds. The smallest absolute Gasteiger partial charge is 0.410 e. The largest absolute Gasteiger partial charge is 0.481 e. The minimum atomic E-state index is -1.11. The fourth-order valence-electron chi connectivity index (χ4n) is 5.16. The van der Waals surface area contributed by atoms with Crippen LogP contribution in [0.1, 0.15) is 69.7 Å². The van der Waals surface area contributed by atoms with Crippen molar-refractivity contribution in [1.29, 1.82) is 0 Å². The van der Waals surface area contributed by atoms with Gasteiger partial charge in [0.25, 0.3) is 5.91 Å². The molecule has 1 unspecified atom stereocenters. The maximum atomic E-state index is 13.0. The molecular weight excluding hydrogens is 528 g/mol. The van der Waals surface area contributed by atoms with Crippen molar-refractivity contribution in [1.82, 2.24) is 20.4 Å². The zero-order valence-corrected chi connectivity index (χ0v) is 24.4. The predicted octanol–water partition coefficient (Wildman–Crippen LogP) is 2.90. The van der Waals surface area contributed by atoms with E-state index in [1.165, 1.54) is 0 Å². The van der Waals surface area contributed by atoms with Crippen molar-refractivity contribution in [3.63, 3.8) is 0 Å². The van der Waals surface area contributed by atoms with Crippen molar-refractivity contribution < 1.29 is 33.8 Å². The number of aliphatic carboxylic acids is 1. The summed E-state index contributed by atoms with van der Waals surface area (Å²) in [6.45, 7) is 7.46. The van der Waals surface area contributed by atoms with Crippen molar-refractivity contribution in [2.75, 3.05) is 39.3 Å². The van der Waals surface area contributed by atoms with E-state index in [2.05, 4.69) is 10.6 Å². The summed E-state index contributed by atoms with van der Waals surface area (Å²) in [7, 11) is 0. The summed E-state index contributed by atoms with van der Waals surface area (Å²) in [5.41, 5.74) is -0.0966. The molecule has 2 heterocycles. The van der Waals surface area contributed by atoms with Gasteiger partial charge in [-0.1, -0.05) is 18.2 Å². The number of carboxylic acids is 1. The van der Waals surface area contributed by atoms with Crippen LogP contribution in [0, 0.1) is 17.8 Å². The van der Waals surface area contributed by atoms with Crippen LogP contribution in [0.3, 0.4) is 0 Å². The van der Waals surface area contributed by atoms with Crippen molar-refractivity contribution in [2.45, 2.75) is 64.9 Å². The predicted molar refractivity (Wildman–Crippen MR) is 152 cm³/mol. The van der Waals surface area contributed by atoms with Crippen LogP contribution in [0.4, 0.5) is 4.79 Å². The lowest BCUT2D eigenvalue weighted by atomic mass is 9.91. The van der Waals surface area contributed by atoms with Gasteiger partial charge in [-0.15, -0.1) is 0 Å². The molecular formula is C30H44N4O7. The third-order valence-electron chi connectivity index (χ3n) is 7.59. The minimum absolute atomic E-state index is 0.0177. The van der Waals surface area contributed by atoms with Gasteiger partial charge in [0.2, 0.25) is 11.8 Å². The fraction of sp³-hybridized carbons (Fsp3) is 0.633. The zero-order chi connectivity index (χ0) is 30.0. The molecule has 1 aromatic carbocycles. The lowest BCUT2D eigenvalue weighted by molar-refractivity contribution is -0.141. The molecule has 0 saturated carbocycles. The quantitative estimate of drug-likeness (QED) is 0.391. The number of amides is 4. The summed E-state index contributed by atoms with van der Waals surface area (Å²) in [4.78, 5) is 65.5. The van der Waals surface area contributed by atoms with E-state index >= 15 is 0 Å². The highest BCUT2D eigenvalue weighted by Crippen LogP contribution is 2.25. The van der Waals surface area contributed by atoms with E-state index in [4.69, 9.17) is 4.74 Å². The Balaban J connectivity index is 1.38. The molecule has 41 heavy (non-hydrogen) atoms. The number of carboxylic acid groups (broad SMARTS) is 1. The second-order valence-electron chi connectivity index (χ2n) is 12.0. The number of rotatable bonds is 10. The first-order valence-electron chi connectivity index (χ1n) is 14.5. The molecule has 0 spiro atoms. The van der Waals surface area contributed by atoms with Gasteiger partial charge in [0.05, 0.1) is 11.8 Å². The van der Waals surface area contributed by atoms with Crippen LogP contribution in [0.15, 0.2) is 30.3 Å². The molecule has 2 atom stereocenters. The zero-order valence-electron chi connectivity index (χ0n) is 24.4. The highest BCUT2D eigenvalue weighted by Gasteiger charge is 2.31. The summed E-state index contributed by atoms with van der Waals surface area (Å²) in [5.74, 6) is -2.78. The molecule has 2 fully saturated rings. The normalized spacial score (nSPS) is 18.8. The fourth-order valence-corrected chi connectivity index (χ4v) is 5.16. The van der Waals surface area contributed by atoms with Crippen LogP contribution in [-0.4, -0.2) is 89.6 Å². The molecule has 3 N–H and O–H groups in total. The Morgan fingerprint density at radius 1 is 0.951 bits per heavy atom. The van der Waals surface area contributed by atoms with Crippen LogP contribution in [0.25, 0.3) is 0 Å². The van der Waals surface area contributed by atoms with E-state index in [-0.39, 0.29) is 36.9 Å². The van der Waals surface area contributed by atoms with Gasteiger partial charge in [-0.05, 0) is 70.9 Å². The lowest BCUT2D eigenvalue weighted by Gasteiger charge is -2.34. The number of hydrogen-bond acceptors (Lipinski definition) is 6. The van der Waals surface area contributed by atoms with E-state index in [0.29, 0.717) is 56.9 Å². The van der Waals surface area contributed by atoms with Gasteiger partial charge in [-0.25, -0.2) is 4.79 Å². The van der Waals surface area contributed by atoms with Gasteiger partial charge in [0, 0.05) is 51.3 Å². The second kappa shape index (κ2) is 14.8. The average molecular weight is 573 g/mol.